The molecule has 0 aromatic carbocycles. The molecule has 0 fully saturated rings. The van der Waals surface area contributed by atoms with E-state index in [4.69, 9.17) is 17.3 Å². The largest absolute Gasteiger partial charge is 0.393 e. The summed E-state index contributed by atoms with van der Waals surface area (Å²) in [5.74, 6) is 0.728. The lowest BCUT2D eigenvalue weighted by molar-refractivity contribution is 0.400. The standard InChI is InChI=1S/C11H20ClN5/c1-4-17(7-5-6-16(2)3)11-9(13)10(12)14-8-15-11/h8H,4-7,13H2,1-3H3. The van der Waals surface area contributed by atoms with Gasteiger partial charge < -0.3 is 15.5 Å². The van der Waals surface area contributed by atoms with Gasteiger partial charge in [-0.15, -0.1) is 0 Å². The second kappa shape index (κ2) is 6.61. The van der Waals surface area contributed by atoms with E-state index in [1.165, 1.54) is 6.33 Å². The molecule has 1 heterocycles. The Morgan fingerprint density at radius 3 is 2.59 bits per heavy atom. The van der Waals surface area contributed by atoms with E-state index in [2.05, 4.69) is 40.8 Å². The van der Waals surface area contributed by atoms with E-state index in [0.717, 1.165) is 31.9 Å². The van der Waals surface area contributed by atoms with Gasteiger partial charge in [0.05, 0.1) is 0 Å². The van der Waals surface area contributed by atoms with Crippen LogP contribution in [0.4, 0.5) is 11.5 Å². The van der Waals surface area contributed by atoms with Crippen LogP contribution in [-0.4, -0.2) is 48.6 Å². The second-order valence-corrected chi connectivity index (χ2v) is 4.50. The normalized spacial score (nSPS) is 10.9. The van der Waals surface area contributed by atoms with Crippen LogP contribution in [0.3, 0.4) is 0 Å². The van der Waals surface area contributed by atoms with Gasteiger partial charge in [-0.25, -0.2) is 9.97 Å². The molecule has 96 valence electrons. The van der Waals surface area contributed by atoms with Crippen LogP contribution in [0, 0.1) is 0 Å². The summed E-state index contributed by atoms with van der Waals surface area (Å²) in [6.07, 6.45) is 2.50. The lowest BCUT2D eigenvalue weighted by Crippen LogP contribution is -2.28. The molecule has 1 aromatic heterocycles. The first-order chi connectivity index (χ1) is 8.06. The summed E-state index contributed by atoms with van der Waals surface area (Å²) in [7, 11) is 4.12. The van der Waals surface area contributed by atoms with Crippen molar-refractivity contribution in [3.63, 3.8) is 0 Å². The molecule has 0 bridgehead atoms. The van der Waals surface area contributed by atoms with E-state index in [9.17, 15) is 0 Å². The molecular weight excluding hydrogens is 238 g/mol. The molecule has 0 aliphatic carbocycles. The molecule has 0 aliphatic rings. The predicted molar refractivity (Wildman–Crippen MR) is 72.5 cm³/mol. The van der Waals surface area contributed by atoms with E-state index in [1.807, 2.05) is 0 Å². The van der Waals surface area contributed by atoms with Gasteiger partial charge in [0.25, 0.3) is 0 Å². The minimum Gasteiger partial charge on any atom is -0.393 e. The number of nitrogens with zero attached hydrogens (tertiary/aromatic N) is 4. The van der Waals surface area contributed by atoms with Gasteiger partial charge >= 0.3 is 0 Å². The number of rotatable bonds is 6. The van der Waals surface area contributed by atoms with Crippen molar-refractivity contribution in [1.29, 1.82) is 0 Å². The summed E-state index contributed by atoms with van der Waals surface area (Å²) in [5.41, 5.74) is 6.34. The number of anilines is 2. The molecule has 5 nitrogen and oxygen atoms in total. The third-order valence-electron chi connectivity index (χ3n) is 2.53. The number of nitrogens with two attached hydrogens (primary N) is 1. The number of hydrogen-bond acceptors (Lipinski definition) is 5. The summed E-state index contributed by atoms with van der Waals surface area (Å²) in [6.45, 7) is 4.87. The lowest BCUT2D eigenvalue weighted by Gasteiger charge is -2.24. The summed E-state index contributed by atoms with van der Waals surface area (Å²) >= 11 is 5.89. The second-order valence-electron chi connectivity index (χ2n) is 4.14. The summed E-state index contributed by atoms with van der Waals surface area (Å²) < 4.78 is 0. The fraction of sp³-hybridized carbons (Fsp3) is 0.636. The van der Waals surface area contributed by atoms with E-state index in [1.54, 1.807) is 0 Å². The monoisotopic (exact) mass is 257 g/mol. The van der Waals surface area contributed by atoms with Gasteiger partial charge in [-0.1, -0.05) is 11.6 Å². The highest BCUT2D eigenvalue weighted by atomic mass is 35.5. The van der Waals surface area contributed by atoms with Gasteiger partial charge in [0.2, 0.25) is 0 Å². The van der Waals surface area contributed by atoms with Crippen LogP contribution < -0.4 is 10.6 Å². The van der Waals surface area contributed by atoms with Crippen LogP contribution in [0.2, 0.25) is 5.15 Å². The van der Waals surface area contributed by atoms with Crippen molar-refractivity contribution in [1.82, 2.24) is 14.9 Å². The van der Waals surface area contributed by atoms with E-state index in [0.29, 0.717) is 10.8 Å². The summed E-state index contributed by atoms with van der Waals surface area (Å²) in [5, 5.41) is 0.320. The summed E-state index contributed by atoms with van der Waals surface area (Å²) in [4.78, 5) is 12.3. The molecule has 0 radical (unpaired) electrons. The molecule has 17 heavy (non-hydrogen) atoms. The topological polar surface area (TPSA) is 58.3 Å². The van der Waals surface area contributed by atoms with Crippen LogP contribution in [0.5, 0.6) is 0 Å². The predicted octanol–water partition coefficient (Wildman–Crippen LogP) is 1.49. The Morgan fingerprint density at radius 1 is 1.29 bits per heavy atom. The van der Waals surface area contributed by atoms with Gasteiger partial charge in [0.15, 0.2) is 11.0 Å². The minimum absolute atomic E-state index is 0.320. The quantitative estimate of drug-likeness (QED) is 0.783. The molecule has 1 rings (SSSR count). The first-order valence-corrected chi connectivity index (χ1v) is 6.09. The van der Waals surface area contributed by atoms with Crippen molar-refractivity contribution >= 4 is 23.1 Å². The highest BCUT2D eigenvalue weighted by Gasteiger charge is 2.12. The molecule has 1 aromatic rings. The number of aromatic nitrogens is 2. The first kappa shape index (κ1) is 14.0. The maximum Gasteiger partial charge on any atom is 0.157 e. The third kappa shape index (κ3) is 4.02. The van der Waals surface area contributed by atoms with Crippen molar-refractivity contribution in [2.45, 2.75) is 13.3 Å². The highest BCUT2D eigenvalue weighted by molar-refractivity contribution is 6.32. The molecule has 6 heteroatoms. The van der Waals surface area contributed by atoms with Crippen molar-refractivity contribution in [3.8, 4) is 0 Å². The molecule has 0 spiro atoms. The number of hydrogen-bond donors (Lipinski definition) is 1. The Labute approximate surface area is 108 Å². The number of nitrogen functional groups attached to an aromatic ring is 1. The van der Waals surface area contributed by atoms with Crippen molar-refractivity contribution in [3.05, 3.63) is 11.5 Å². The minimum atomic E-state index is 0.320. The molecule has 0 aliphatic heterocycles. The zero-order valence-electron chi connectivity index (χ0n) is 10.6. The van der Waals surface area contributed by atoms with Crippen molar-refractivity contribution < 1.29 is 0 Å². The van der Waals surface area contributed by atoms with Gasteiger partial charge in [-0.05, 0) is 34.0 Å². The highest BCUT2D eigenvalue weighted by Crippen LogP contribution is 2.25. The Morgan fingerprint density at radius 2 is 2.00 bits per heavy atom. The molecule has 0 atom stereocenters. The molecule has 0 saturated carbocycles. The zero-order valence-corrected chi connectivity index (χ0v) is 11.4. The average Bonchev–Trinajstić information content (AvgIpc) is 2.28. The number of halogens is 1. The molecule has 2 N–H and O–H groups in total. The zero-order chi connectivity index (χ0) is 12.8. The van der Waals surface area contributed by atoms with E-state index in [-0.39, 0.29) is 0 Å². The Hall–Kier alpha value is -1.07. The Kier molecular flexibility index (Phi) is 5.44. The van der Waals surface area contributed by atoms with Gasteiger partial charge in [-0.3, -0.25) is 0 Å². The maximum absolute atomic E-state index is 5.89. The van der Waals surface area contributed by atoms with Crippen LogP contribution in [-0.2, 0) is 0 Å². The average molecular weight is 258 g/mol. The van der Waals surface area contributed by atoms with Crippen LogP contribution in [0.25, 0.3) is 0 Å². The molecule has 0 saturated heterocycles. The summed E-state index contributed by atoms with van der Waals surface area (Å²) in [6, 6.07) is 0. The van der Waals surface area contributed by atoms with E-state index < -0.39 is 0 Å². The van der Waals surface area contributed by atoms with Crippen LogP contribution >= 0.6 is 11.6 Å². The first-order valence-electron chi connectivity index (χ1n) is 5.72. The van der Waals surface area contributed by atoms with Gasteiger partial charge in [-0.2, -0.15) is 0 Å². The SMILES string of the molecule is CCN(CCCN(C)C)c1ncnc(Cl)c1N. The lowest BCUT2D eigenvalue weighted by atomic mass is 10.3. The molecule has 0 unspecified atom stereocenters. The Bertz CT molecular complexity index is 356. The van der Waals surface area contributed by atoms with Crippen LogP contribution in [0.15, 0.2) is 6.33 Å². The van der Waals surface area contributed by atoms with Crippen LogP contribution in [0.1, 0.15) is 13.3 Å². The van der Waals surface area contributed by atoms with E-state index >= 15 is 0 Å². The third-order valence-corrected chi connectivity index (χ3v) is 2.83. The fourth-order valence-electron chi connectivity index (χ4n) is 1.61. The fourth-order valence-corrected chi connectivity index (χ4v) is 1.74. The van der Waals surface area contributed by atoms with Gasteiger partial charge in [0, 0.05) is 13.1 Å². The Balaban J connectivity index is 2.69. The smallest absolute Gasteiger partial charge is 0.157 e. The molecular formula is C11H20ClN5. The molecule has 0 amide bonds. The maximum atomic E-state index is 5.89. The van der Waals surface area contributed by atoms with Crippen molar-refractivity contribution in [2.75, 3.05) is 44.4 Å². The van der Waals surface area contributed by atoms with Gasteiger partial charge in [0.1, 0.15) is 12.0 Å². The van der Waals surface area contributed by atoms with Crippen molar-refractivity contribution in [2.24, 2.45) is 0 Å².